The third-order valence-electron chi connectivity index (χ3n) is 5.65. The van der Waals surface area contributed by atoms with Crippen LogP contribution < -0.4 is 0 Å². The summed E-state index contributed by atoms with van der Waals surface area (Å²) in [6.45, 7) is 8.65. The number of hydrogen-bond donors (Lipinski definition) is 2. The molecule has 0 bridgehead atoms. The minimum Gasteiger partial charge on any atom is -0.478 e. The van der Waals surface area contributed by atoms with E-state index in [0.29, 0.717) is 18.1 Å². The molecule has 2 N–H and O–H groups in total. The summed E-state index contributed by atoms with van der Waals surface area (Å²) in [5.74, 6) is -2.20. The number of piperazine rings is 1. The van der Waals surface area contributed by atoms with E-state index < -0.39 is 11.9 Å². The van der Waals surface area contributed by atoms with Gasteiger partial charge in [0.05, 0.1) is 0 Å². The number of benzene rings is 2. The Hall–Kier alpha value is -3.10. The van der Waals surface area contributed by atoms with E-state index in [4.69, 9.17) is 10.2 Å². The summed E-state index contributed by atoms with van der Waals surface area (Å²) >= 11 is 1.68. The molecule has 6 nitrogen and oxygen atoms in total. The molecule has 2 aliphatic heterocycles. The Morgan fingerprint density at radius 3 is 2.21 bits per heavy atom. The van der Waals surface area contributed by atoms with Crippen LogP contribution >= 0.6 is 11.8 Å². The summed E-state index contributed by atoms with van der Waals surface area (Å²) in [5.41, 5.74) is 5.00. The molecule has 2 aromatic carbocycles. The Labute approximate surface area is 203 Å². The second kappa shape index (κ2) is 11.4. The number of hydrogen-bond acceptors (Lipinski definition) is 5. The molecule has 2 heterocycles. The van der Waals surface area contributed by atoms with Gasteiger partial charge in [0.2, 0.25) is 0 Å². The van der Waals surface area contributed by atoms with Crippen LogP contribution in [0.15, 0.2) is 58.3 Å². The van der Waals surface area contributed by atoms with Crippen LogP contribution in [0.3, 0.4) is 0 Å². The molecule has 0 aliphatic carbocycles. The fraction of sp³-hybridized carbons (Fsp3) is 0.308. The zero-order chi connectivity index (χ0) is 24.8. The molecule has 0 unspecified atom stereocenters. The van der Waals surface area contributed by atoms with Crippen molar-refractivity contribution in [3.05, 3.63) is 71.1 Å². The number of likely N-dealkylation sites (N-methyl/N-ethyl adjacent to an activating group) is 1. The SMILES string of the molecule is CC(C)c1ccc2c(c1)C(N1CCN(C)CC1)=Cc1ccc(F)cc1S2.O=C(O)/C=C/C(=O)O. The van der Waals surface area contributed by atoms with E-state index in [1.54, 1.807) is 23.9 Å². The van der Waals surface area contributed by atoms with Crippen molar-refractivity contribution in [1.29, 1.82) is 0 Å². The van der Waals surface area contributed by atoms with Crippen LogP contribution in [0, 0.1) is 5.82 Å². The highest BCUT2D eigenvalue weighted by atomic mass is 32.2. The van der Waals surface area contributed by atoms with E-state index >= 15 is 0 Å². The van der Waals surface area contributed by atoms with Gasteiger partial charge in [-0.15, -0.1) is 0 Å². The fourth-order valence-corrected chi connectivity index (χ4v) is 4.77. The lowest BCUT2D eigenvalue weighted by molar-refractivity contribution is -0.134. The second-order valence-corrected chi connectivity index (χ2v) is 9.61. The molecule has 0 atom stereocenters. The van der Waals surface area contributed by atoms with Crippen LogP contribution in [0.5, 0.6) is 0 Å². The van der Waals surface area contributed by atoms with Crippen LogP contribution in [0.2, 0.25) is 0 Å². The fourth-order valence-electron chi connectivity index (χ4n) is 3.71. The molecular formula is C26H29FN2O4S. The molecule has 34 heavy (non-hydrogen) atoms. The molecule has 180 valence electrons. The molecule has 2 aliphatic rings. The van der Waals surface area contributed by atoms with E-state index in [-0.39, 0.29) is 5.82 Å². The Morgan fingerprint density at radius 1 is 0.971 bits per heavy atom. The quantitative estimate of drug-likeness (QED) is 0.599. The lowest BCUT2D eigenvalue weighted by atomic mass is 9.98. The van der Waals surface area contributed by atoms with E-state index in [1.165, 1.54) is 21.7 Å². The van der Waals surface area contributed by atoms with Crippen LogP contribution in [0.25, 0.3) is 11.8 Å². The number of halogens is 1. The molecule has 0 spiro atoms. The minimum absolute atomic E-state index is 0.173. The van der Waals surface area contributed by atoms with Gasteiger partial charge in [-0.25, -0.2) is 14.0 Å². The first-order chi connectivity index (χ1) is 16.1. The van der Waals surface area contributed by atoms with Crippen LogP contribution in [0.4, 0.5) is 4.39 Å². The van der Waals surface area contributed by atoms with Crippen molar-refractivity contribution in [2.24, 2.45) is 0 Å². The molecule has 1 saturated heterocycles. The van der Waals surface area contributed by atoms with Gasteiger partial charge in [0.15, 0.2) is 0 Å². The van der Waals surface area contributed by atoms with Crippen molar-refractivity contribution >= 4 is 35.5 Å². The van der Waals surface area contributed by atoms with Crippen LogP contribution in [-0.4, -0.2) is 65.2 Å². The van der Waals surface area contributed by atoms with Crippen molar-refractivity contribution < 1.29 is 24.2 Å². The van der Waals surface area contributed by atoms with Gasteiger partial charge in [-0.1, -0.05) is 37.7 Å². The van der Waals surface area contributed by atoms with Gasteiger partial charge in [-0.05, 0) is 54.4 Å². The largest absolute Gasteiger partial charge is 0.478 e. The Morgan fingerprint density at radius 2 is 1.62 bits per heavy atom. The lowest BCUT2D eigenvalue weighted by Gasteiger charge is -2.36. The molecule has 0 saturated carbocycles. The van der Waals surface area contributed by atoms with Crippen LogP contribution in [-0.2, 0) is 9.59 Å². The number of fused-ring (bicyclic) bond motifs is 2. The molecular weight excluding hydrogens is 455 g/mol. The first kappa shape index (κ1) is 25.5. The molecule has 0 aromatic heterocycles. The predicted molar refractivity (Wildman–Crippen MR) is 132 cm³/mol. The Kier molecular flexibility index (Phi) is 8.52. The van der Waals surface area contributed by atoms with Crippen molar-refractivity contribution in [2.75, 3.05) is 33.2 Å². The van der Waals surface area contributed by atoms with Crippen molar-refractivity contribution in [3.8, 4) is 0 Å². The van der Waals surface area contributed by atoms with E-state index in [9.17, 15) is 14.0 Å². The molecule has 0 radical (unpaired) electrons. The standard InChI is InChI=1S/C22H25FN2S.C4H4O4/c1-15(2)16-5-7-21-19(12-16)20(25-10-8-24(3)9-11-25)13-17-4-6-18(23)14-22(17)26-21;5-3(6)1-2-4(7)8/h4-7,12-15H,8-11H2,1-3H3;1-2H,(H,5,6)(H,7,8)/b;2-1+. The van der Waals surface area contributed by atoms with Crippen molar-refractivity contribution in [1.82, 2.24) is 9.80 Å². The zero-order valence-electron chi connectivity index (χ0n) is 19.5. The Bertz CT molecular complexity index is 1110. The normalized spacial score (nSPS) is 15.7. The van der Waals surface area contributed by atoms with Gasteiger partial charge in [-0.3, -0.25) is 0 Å². The van der Waals surface area contributed by atoms with Gasteiger partial charge in [0, 0.05) is 59.4 Å². The number of carboxylic acids is 2. The number of carbonyl (C=O) groups is 2. The number of aliphatic carboxylic acids is 2. The average Bonchev–Trinajstić information content (AvgIpc) is 2.94. The maximum absolute atomic E-state index is 13.8. The summed E-state index contributed by atoms with van der Waals surface area (Å²) in [7, 11) is 2.18. The summed E-state index contributed by atoms with van der Waals surface area (Å²) in [6.07, 6.45) is 3.37. The Balaban J connectivity index is 0.000000350. The maximum atomic E-state index is 13.8. The average molecular weight is 485 g/mol. The molecule has 8 heteroatoms. The highest BCUT2D eigenvalue weighted by molar-refractivity contribution is 7.99. The summed E-state index contributed by atoms with van der Waals surface area (Å²) < 4.78 is 13.8. The van der Waals surface area contributed by atoms with Gasteiger partial charge >= 0.3 is 11.9 Å². The highest BCUT2D eigenvalue weighted by Crippen LogP contribution is 2.42. The van der Waals surface area contributed by atoms with Gasteiger partial charge in [-0.2, -0.15) is 0 Å². The number of rotatable bonds is 4. The third kappa shape index (κ3) is 6.71. The van der Waals surface area contributed by atoms with Gasteiger partial charge < -0.3 is 20.0 Å². The second-order valence-electron chi connectivity index (χ2n) is 8.52. The minimum atomic E-state index is -1.26. The van der Waals surface area contributed by atoms with Crippen LogP contribution in [0.1, 0.15) is 36.5 Å². The summed E-state index contributed by atoms with van der Waals surface area (Å²) in [5, 5.41) is 15.6. The third-order valence-corrected chi connectivity index (χ3v) is 6.80. The molecule has 0 amide bonds. The molecule has 2 aromatic rings. The smallest absolute Gasteiger partial charge is 0.328 e. The first-order valence-corrected chi connectivity index (χ1v) is 11.9. The zero-order valence-corrected chi connectivity index (χ0v) is 20.3. The monoisotopic (exact) mass is 484 g/mol. The lowest BCUT2D eigenvalue weighted by Crippen LogP contribution is -2.43. The number of nitrogens with zero attached hydrogens (tertiary/aromatic N) is 2. The van der Waals surface area contributed by atoms with E-state index in [0.717, 1.165) is 36.6 Å². The predicted octanol–water partition coefficient (Wildman–Crippen LogP) is 4.87. The van der Waals surface area contributed by atoms with E-state index in [1.807, 2.05) is 6.07 Å². The summed E-state index contributed by atoms with van der Waals surface area (Å²) in [4.78, 5) is 26.2. The van der Waals surface area contributed by atoms with Gasteiger partial charge in [0.25, 0.3) is 0 Å². The molecule has 1 fully saturated rings. The van der Waals surface area contributed by atoms with E-state index in [2.05, 4.69) is 55.0 Å². The summed E-state index contributed by atoms with van der Waals surface area (Å²) in [6, 6.07) is 11.9. The topological polar surface area (TPSA) is 81.1 Å². The van der Waals surface area contributed by atoms with Crippen molar-refractivity contribution in [2.45, 2.75) is 29.6 Å². The van der Waals surface area contributed by atoms with Gasteiger partial charge in [0.1, 0.15) is 5.82 Å². The molecule has 4 rings (SSSR count). The highest BCUT2D eigenvalue weighted by Gasteiger charge is 2.23. The van der Waals surface area contributed by atoms with Crippen molar-refractivity contribution in [3.63, 3.8) is 0 Å². The number of carboxylic acid groups (broad SMARTS) is 2. The maximum Gasteiger partial charge on any atom is 0.328 e. The first-order valence-electron chi connectivity index (χ1n) is 11.0.